The molecule has 2 nitrogen and oxygen atoms in total. The molecule has 0 amide bonds. The maximum Gasteiger partial charge on any atom is 0.0844 e. The number of hydrogen-bond acceptors (Lipinski definition) is 2. The van der Waals surface area contributed by atoms with E-state index in [0.29, 0.717) is 0 Å². The van der Waals surface area contributed by atoms with Crippen molar-refractivity contribution >= 4 is 0 Å². The first-order valence-corrected chi connectivity index (χ1v) is 8.06. The topological polar surface area (TPSA) is 24.7 Å². The normalized spacial score (nSPS) is 58.1. The summed E-state index contributed by atoms with van der Waals surface area (Å²) in [5, 5.41) is 10.0. The second-order valence-electron chi connectivity index (χ2n) is 7.90. The zero-order valence-corrected chi connectivity index (χ0v) is 11.9. The highest BCUT2D eigenvalue weighted by molar-refractivity contribution is 5.09. The van der Waals surface area contributed by atoms with Crippen LogP contribution in [-0.2, 0) is 0 Å². The Morgan fingerprint density at radius 1 is 0.778 bits per heavy atom. The van der Waals surface area contributed by atoms with Crippen LogP contribution in [0.4, 0.5) is 0 Å². The molecule has 2 heteroatoms. The molecule has 6 atom stereocenters. The quantitative estimate of drug-likeness (QED) is 0.636. The van der Waals surface area contributed by atoms with E-state index in [1.807, 2.05) is 0 Å². The first-order valence-electron chi connectivity index (χ1n) is 8.06. The van der Waals surface area contributed by atoms with E-state index in [2.05, 4.69) is 13.8 Å². The van der Waals surface area contributed by atoms with Gasteiger partial charge in [0.05, 0.1) is 11.1 Å². The first kappa shape index (κ1) is 11.4. The monoisotopic (exact) mass is 246 g/mol. The van der Waals surface area contributed by atoms with Crippen LogP contribution >= 0.6 is 0 Å². The molecule has 0 N–H and O–H groups in total. The lowest BCUT2D eigenvalue weighted by Crippen LogP contribution is -2.32. The number of nitrogens with zero attached hydrogens (tertiary/aromatic N) is 2. The molecule has 0 aromatic rings. The van der Waals surface area contributed by atoms with Gasteiger partial charge in [0.25, 0.3) is 0 Å². The van der Waals surface area contributed by atoms with Crippen LogP contribution in [0.5, 0.6) is 0 Å². The Hall–Kier alpha value is -0.400. The predicted molar refractivity (Wildman–Crippen MR) is 72.6 cm³/mol. The third kappa shape index (κ3) is 1.41. The molecule has 0 saturated heterocycles. The van der Waals surface area contributed by atoms with Crippen molar-refractivity contribution in [2.24, 2.45) is 33.9 Å². The summed E-state index contributed by atoms with van der Waals surface area (Å²) in [7, 11) is 0. The maximum atomic E-state index is 5.02. The smallest absolute Gasteiger partial charge is 0.0844 e. The van der Waals surface area contributed by atoms with Gasteiger partial charge in [-0.05, 0) is 75.0 Å². The minimum absolute atomic E-state index is 0.264. The Balaban J connectivity index is 1.59. The fourth-order valence-electron chi connectivity index (χ4n) is 5.63. The zero-order chi connectivity index (χ0) is 12.4. The molecule has 6 unspecified atom stereocenters. The first-order chi connectivity index (χ1) is 8.62. The summed E-state index contributed by atoms with van der Waals surface area (Å²) in [5.41, 5.74) is 0.527. The van der Waals surface area contributed by atoms with E-state index in [1.165, 1.54) is 51.4 Å². The molecule has 0 radical (unpaired) electrons. The summed E-state index contributed by atoms with van der Waals surface area (Å²) >= 11 is 0. The Labute approximate surface area is 111 Å². The second kappa shape index (κ2) is 3.58. The van der Waals surface area contributed by atoms with Gasteiger partial charge in [0.2, 0.25) is 0 Å². The van der Waals surface area contributed by atoms with Gasteiger partial charge in [-0.15, -0.1) is 0 Å². The molecule has 0 aliphatic heterocycles. The van der Waals surface area contributed by atoms with Crippen molar-refractivity contribution < 1.29 is 0 Å². The Kier molecular flexibility index (Phi) is 2.27. The van der Waals surface area contributed by atoms with Crippen LogP contribution in [0, 0.1) is 23.7 Å². The molecule has 0 aromatic carbocycles. The highest BCUT2D eigenvalue weighted by Crippen LogP contribution is 2.57. The minimum atomic E-state index is 0.264. The zero-order valence-electron chi connectivity index (χ0n) is 11.9. The van der Waals surface area contributed by atoms with E-state index in [1.54, 1.807) is 0 Å². The molecule has 4 aliphatic rings. The highest BCUT2D eigenvalue weighted by Gasteiger charge is 2.53. The van der Waals surface area contributed by atoms with Crippen LogP contribution in [0.3, 0.4) is 0 Å². The van der Waals surface area contributed by atoms with E-state index < -0.39 is 0 Å². The van der Waals surface area contributed by atoms with E-state index >= 15 is 0 Å². The lowest BCUT2D eigenvalue weighted by molar-refractivity contribution is 0.251. The molecule has 0 heterocycles. The van der Waals surface area contributed by atoms with Crippen LogP contribution in [0.15, 0.2) is 10.2 Å². The molecule has 0 spiro atoms. The van der Waals surface area contributed by atoms with Gasteiger partial charge in [0.1, 0.15) is 0 Å². The lowest BCUT2D eigenvalue weighted by Gasteiger charge is -2.32. The molecule has 4 saturated carbocycles. The average molecular weight is 246 g/mol. The van der Waals surface area contributed by atoms with Crippen LogP contribution in [0.1, 0.15) is 65.2 Å². The largest absolute Gasteiger partial charge is 0.187 e. The van der Waals surface area contributed by atoms with Crippen molar-refractivity contribution in [3.8, 4) is 0 Å². The molecule has 4 bridgehead atoms. The summed E-state index contributed by atoms with van der Waals surface area (Å²) < 4.78 is 0. The maximum absolute atomic E-state index is 5.02. The molecule has 0 aromatic heterocycles. The van der Waals surface area contributed by atoms with Crippen LogP contribution in [0.2, 0.25) is 0 Å². The predicted octanol–water partition coefficient (Wildman–Crippen LogP) is 4.60. The van der Waals surface area contributed by atoms with Gasteiger partial charge in [-0.2, -0.15) is 10.2 Å². The standard InChI is InChI=1S/C16H26N2/c1-11-7-13-3-5-15(11,9-13)17-18-16-6-4-14(10-16)8-12(16)2/h11-14H,3-10H2,1-2H3. The van der Waals surface area contributed by atoms with Gasteiger partial charge < -0.3 is 0 Å². The van der Waals surface area contributed by atoms with E-state index in [-0.39, 0.29) is 11.1 Å². The third-order valence-corrected chi connectivity index (χ3v) is 6.91. The molecule has 4 fully saturated rings. The summed E-state index contributed by atoms with van der Waals surface area (Å²) in [4.78, 5) is 0. The number of hydrogen-bond donors (Lipinski definition) is 0. The second-order valence-corrected chi connectivity index (χ2v) is 7.90. The molecule has 4 rings (SSSR count). The van der Waals surface area contributed by atoms with Gasteiger partial charge in [-0.1, -0.05) is 13.8 Å². The lowest BCUT2D eigenvalue weighted by atomic mass is 9.83. The van der Waals surface area contributed by atoms with Crippen molar-refractivity contribution in [3.63, 3.8) is 0 Å². The summed E-state index contributed by atoms with van der Waals surface area (Å²) in [6.07, 6.45) is 10.9. The number of rotatable bonds is 2. The van der Waals surface area contributed by atoms with Crippen molar-refractivity contribution in [3.05, 3.63) is 0 Å². The van der Waals surface area contributed by atoms with Crippen LogP contribution < -0.4 is 0 Å². The van der Waals surface area contributed by atoms with Gasteiger partial charge in [0.15, 0.2) is 0 Å². The minimum Gasteiger partial charge on any atom is -0.187 e. The molecule has 100 valence electrons. The van der Waals surface area contributed by atoms with Gasteiger partial charge >= 0.3 is 0 Å². The van der Waals surface area contributed by atoms with E-state index in [0.717, 1.165) is 23.7 Å². The SMILES string of the molecule is CC1CC2CCC1(N=NC13CCC(CC1C)C3)C2. The Bertz CT molecular complexity index is 355. The van der Waals surface area contributed by atoms with Gasteiger partial charge in [-0.25, -0.2) is 0 Å². The van der Waals surface area contributed by atoms with Crippen molar-refractivity contribution in [2.75, 3.05) is 0 Å². The molecular formula is C16H26N2. The average Bonchev–Trinajstić information content (AvgIpc) is 3.04. The Morgan fingerprint density at radius 2 is 1.22 bits per heavy atom. The van der Waals surface area contributed by atoms with Crippen molar-refractivity contribution in [1.29, 1.82) is 0 Å². The third-order valence-electron chi connectivity index (χ3n) is 6.91. The molecular weight excluding hydrogens is 220 g/mol. The summed E-state index contributed by atoms with van der Waals surface area (Å²) in [6.45, 7) is 4.82. The highest BCUT2D eigenvalue weighted by atomic mass is 15.2. The van der Waals surface area contributed by atoms with Crippen LogP contribution in [-0.4, -0.2) is 11.1 Å². The van der Waals surface area contributed by atoms with E-state index in [9.17, 15) is 0 Å². The molecule has 4 aliphatic carbocycles. The van der Waals surface area contributed by atoms with E-state index in [4.69, 9.17) is 10.2 Å². The van der Waals surface area contributed by atoms with Crippen molar-refractivity contribution in [1.82, 2.24) is 0 Å². The van der Waals surface area contributed by atoms with Crippen LogP contribution in [0.25, 0.3) is 0 Å². The number of azo groups is 1. The summed E-state index contributed by atoms with van der Waals surface area (Å²) in [6, 6.07) is 0. The fourth-order valence-corrected chi connectivity index (χ4v) is 5.63. The van der Waals surface area contributed by atoms with Crippen molar-refractivity contribution in [2.45, 2.75) is 76.3 Å². The Morgan fingerprint density at radius 3 is 1.50 bits per heavy atom. The summed E-state index contributed by atoms with van der Waals surface area (Å²) in [5.74, 6) is 3.50. The van der Waals surface area contributed by atoms with Gasteiger partial charge in [0, 0.05) is 0 Å². The molecule has 18 heavy (non-hydrogen) atoms. The number of fused-ring (bicyclic) bond motifs is 4. The fraction of sp³-hybridized carbons (Fsp3) is 1.00. The van der Waals surface area contributed by atoms with Gasteiger partial charge in [-0.3, -0.25) is 0 Å².